The number of methoxy groups -OCH3 is 1. The Labute approximate surface area is 91.8 Å². The highest BCUT2D eigenvalue weighted by Gasteiger charge is 2.10. The van der Waals surface area contributed by atoms with Crippen LogP contribution in [0.1, 0.15) is 5.56 Å². The molecule has 5 nitrogen and oxygen atoms in total. The molecule has 0 aliphatic rings. The zero-order valence-corrected chi connectivity index (χ0v) is 8.78. The minimum absolute atomic E-state index is 0.0578. The molecule has 1 aromatic carbocycles. The second kappa shape index (κ2) is 3.77. The van der Waals surface area contributed by atoms with Crippen molar-refractivity contribution in [2.24, 2.45) is 5.73 Å². The molecule has 0 saturated heterocycles. The van der Waals surface area contributed by atoms with Gasteiger partial charge < -0.3 is 20.6 Å². The molecule has 84 valence electrons. The van der Waals surface area contributed by atoms with Gasteiger partial charge in [0, 0.05) is 23.2 Å². The van der Waals surface area contributed by atoms with Crippen LogP contribution in [0.15, 0.2) is 18.3 Å². The van der Waals surface area contributed by atoms with Crippen molar-refractivity contribution in [2.75, 3.05) is 7.11 Å². The summed E-state index contributed by atoms with van der Waals surface area (Å²) in [6, 6.07) is 3.23. The van der Waals surface area contributed by atoms with Crippen molar-refractivity contribution >= 4 is 16.8 Å². The predicted octanol–water partition coefficient (Wildman–Crippen LogP) is 0.910. The maximum absolute atomic E-state index is 10.9. The number of nitrogens with two attached hydrogens (primary N) is 1. The van der Waals surface area contributed by atoms with Gasteiger partial charge in [0.05, 0.1) is 13.5 Å². The number of fused-ring (bicyclic) bond motifs is 1. The summed E-state index contributed by atoms with van der Waals surface area (Å²) in [7, 11) is 1.47. The van der Waals surface area contributed by atoms with Crippen LogP contribution in [0, 0.1) is 0 Å². The topological polar surface area (TPSA) is 88.3 Å². The van der Waals surface area contributed by atoms with E-state index in [2.05, 4.69) is 4.98 Å². The summed E-state index contributed by atoms with van der Waals surface area (Å²) in [5, 5.41) is 10.4. The number of aromatic amines is 1. The van der Waals surface area contributed by atoms with Crippen LogP contribution in [0.4, 0.5) is 0 Å². The van der Waals surface area contributed by atoms with Crippen molar-refractivity contribution in [3.05, 3.63) is 23.9 Å². The molecule has 1 aromatic heterocycles. The number of phenolic OH excluding ortho intramolecular Hbond substituents is 1. The summed E-state index contributed by atoms with van der Waals surface area (Å²) < 4.78 is 5.00. The first-order valence-corrected chi connectivity index (χ1v) is 4.77. The van der Waals surface area contributed by atoms with E-state index in [9.17, 15) is 9.90 Å². The van der Waals surface area contributed by atoms with E-state index in [-0.39, 0.29) is 12.2 Å². The highest BCUT2D eigenvalue weighted by molar-refractivity contribution is 5.90. The van der Waals surface area contributed by atoms with E-state index >= 15 is 0 Å². The Morgan fingerprint density at radius 3 is 2.94 bits per heavy atom. The fourth-order valence-electron chi connectivity index (χ4n) is 1.69. The van der Waals surface area contributed by atoms with Crippen molar-refractivity contribution in [1.29, 1.82) is 0 Å². The molecule has 1 amide bonds. The maximum Gasteiger partial charge on any atom is 0.221 e. The van der Waals surface area contributed by atoms with Gasteiger partial charge in [-0.05, 0) is 11.6 Å². The Kier molecular flexibility index (Phi) is 2.44. The van der Waals surface area contributed by atoms with Gasteiger partial charge in [0.1, 0.15) is 0 Å². The first-order chi connectivity index (χ1) is 7.61. The molecule has 0 atom stereocenters. The highest BCUT2D eigenvalue weighted by atomic mass is 16.5. The first-order valence-electron chi connectivity index (χ1n) is 4.77. The van der Waals surface area contributed by atoms with Gasteiger partial charge in [-0.15, -0.1) is 0 Å². The van der Waals surface area contributed by atoms with Gasteiger partial charge in [-0.2, -0.15) is 0 Å². The predicted molar refractivity (Wildman–Crippen MR) is 59.4 cm³/mol. The number of hydrogen-bond acceptors (Lipinski definition) is 3. The standard InChI is InChI=1S/C11H12N2O3/c1-16-10-3-7-6(2-11(12)15)5-13-8(7)4-9(10)14/h3-5,13-14H,2H2,1H3,(H2,12,15). The molecule has 0 spiro atoms. The van der Waals surface area contributed by atoms with E-state index in [1.807, 2.05) is 0 Å². The molecule has 0 radical (unpaired) electrons. The smallest absolute Gasteiger partial charge is 0.221 e. The van der Waals surface area contributed by atoms with Gasteiger partial charge in [-0.3, -0.25) is 4.79 Å². The Balaban J connectivity index is 2.57. The number of carbonyl (C=O) groups is 1. The quantitative estimate of drug-likeness (QED) is 0.718. The van der Waals surface area contributed by atoms with Crippen molar-refractivity contribution in [2.45, 2.75) is 6.42 Å². The van der Waals surface area contributed by atoms with Crippen LogP contribution in [0.3, 0.4) is 0 Å². The Hall–Kier alpha value is -2.17. The number of hydrogen-bond donors (Lipinski definition) is 3. The number of amides is 1. The van der Waals surface area contributed by atoms with Crippen LogP contribution in [0.25, 0.3) is 10.9 Å². The molecular formula is C11H12N2O3. The molecule has 0 aliphatic heterocycles. The van der Waals surface area contributed by atoms with Crippen LogP contribution in [-0.2, 0) is 11.2 Å². The molecule has 1 heterocycles. The number of ether oxygens (including phenoxy) is 1. The number of nitrogens with one attached hydrogen (secondary N) is 1. The van der Waals surface area contributed by atoms with Gasteiger partial charge in [0.25, 0.3) is 0 Å². The van der Waals surface area contributed by atoms with E-state index in [0.29, 0.717) is 5.75 Å². The molecule has 5 heteroatoms. The van der Waals surface area contributed by atoms with Crippen LogP contribution in [0.2, 0.25) is 0 Å². The summed E-state index contributed by atoms with van der Waals surface area (Å²) in [6.07, 6.45) is 1.86. The number of rotatable bonds is 3. The third kappa shape index (κ3) is 1.67. The molecular weight excluding hydrogens is 208 g/mol. The van der Waals surface area contributed by atoms with Crippen molar-refractivity contribution in [3.8, 4) is 11.5 Å². The van der Waals surface area contributed by atoms with Gasteiger partial charge in [0.15, 0.2) is 11.5 Å². The highest BCUT2D eigenvalue weighted by Crippen LogP contribution is 2.32. The number of benzene rings is 1. The Morgan fingerprint density at radius 2 is 2.31 bits per heavy atom. The average molecular weight is 220 g/mol. The van der Waals surface area contributed by atoms with Crippen LogP contribution in [0.5, 0.6) is 11.5 Å². The van der Waals surface area contributed by atoms with E-state index in [1.165, 1.54) is 7.11 Å². The third-order valence-electron chi connectivity index (χ3n) is 2.43. The van der Waals surface area contributed by atoms with Gasteiger partial charge >= 0.3 is 0 Å². The van der Waals surface area contributed by atoms with Crippen LogP contribution in [-0.4, -0.2) is 23.1 Å². The number of primary amides is 1. The zero-order valence-electron chi connectivity index (χ0n) is 8.78. The SMILES string of the molecule is COc1cc2c(CC(N)=O)c[nH]c2cc1O. The first kappa shape index (κ1) is 10.4. The summed E-state index contributed by atoms with van der Waals surface area (Å²) in [5.74, 6) is 0.0354. The van der Waals surface area contributed by atoms with Crippen LogP contribution < -0.4 is 10.5 Å². The number of carbonyl (C=O) groups excluding carboxylic acids is 1. The largest absolute Gasteiger partial charge is 0.504 e. The molecule has 4 N–H and O–H groups in total. The minimum Gasteiger partial charge on any atom is -0.504 e. The molecule has 2 rings (SSSR count). The van der Waals surface area contributed by atoms with Crippen molar-refractivity contribution < 1.29 is 14.6 Å². The van der Waals surface area contributed by atoms with Gasteiger partial charge in [-0.1, -0.05) is 0 Å². The molecule has 0 fully saturated rings. The van der Waals surface area contributed by atoms with E-state index < -0.39 is 5.91 Å². The lowest BCUT2D eigenvalue weighted by atomic mass is 10.1. The van der Waals surface area contributed by atoms with E-state index in [1.54, 1.807) is 18.3 Å². The second-order valence-corrected chi connectivity index (χ2v) is 3.53. The Bertz CT molecular complexity index is 545. The third-order valence-corrected chi connectivity index (χ3v) is 2.43. The molecule has 0 saturated carbocycles. The minimum atomic E-state index is -0.395. The summed E-state index contributed by atoms with van der Waals surface area (Å²) in [4.78, 5) is 13.8. The van der Waals surface area contributed by atoms with Crippen molar-refractivity contribution in [1.82, 2.24) is 4.98 Å². The Morgan fingerprint density at radius 1 is 1.56 bits per heavy atom. The normalized spacial score (nSPS) is 10.6. The van der Waals surface area contributed by atoms with E-state index in [0.717, 1.165) is 16.5 Å². The van der Waals surface area contributed by atoms with Gasteiger partial charge in [0.2, 0.25) is 5.91 Å². The monoisotopic (exact) mass is 220 g/mol. The number of aromatic nitrogens is 1. The fourth-order valence-corrected chi connectivity index (χ4v) is 1.69. The lowest BCUT2D eigenvalue weighted by Crippen LogP contribution is -2.13. The maximum atomic E-state index is 10.9. The van der Waals surface area contributed by atoms with E-state index in [4.69, 9.17) is 10.5 Å². The zero-order chi connectivity index (χ0) is 11.7. The van der Waals surface area contributed by atoms with Crippen molar-refractivity contribution in [3.63, 3.8) is 0 Å². The van der Waals surface area contributed by atoms with Gasteiger partial charge in [-0.25, -0.2) is 0 Å². The lowest BCUT2D eigenvalue weighted by Gasteiger charge is -2.03. The lowest BCUT2D eigenvalue weighted by molar-refractivity contribution is -0.117. The number of phenols is 1. The van der Waals surface area contributed by atoms with Crippen LogP contribution >= 0.6 is 0 Å². The second-order valence-electron chi connectivity index (χ2n) is 3.53. The average Bonchev–Trinajstić information content (AvgIpc) is 2.59. The summed E-state index contributed by atoms with van der Waals surface area (Å²) in [6.45, 7) is 0. The number of H-pyrrole nitrogens is 1. The molecule has 16 heavy (non-hydrogen) atoms. The molecule has 0 aliphatic carbocycles. The molecule has 0 unspecified atom stereocenters. The summed E-state index contributed by atoms with van der Waals surface area (Å²) in [5.41, 5.74) is 6.68. The summed E-state index contributed by atoms with van der Waals surface area (Å²) >= 11 is 0. The number of aromatic hydroxyl groups is 1. The molecule has 2 aromatic rings. The fraction of sp³-hybridized carbons (Fsp3) is 0.182. The molecule has 0 bridgehead atoms.